The molecule has 1 aromatic heterocycles. The molecule has 8 heteroatoms. The van der Waals surface area contributed by atoms with Gasteiger partial charge in [0.2, 0.25) is 0 Å². The number of carbonyl (C=O) groups is 1. The molecule has 1 heterocycles. The van der Waals surface area contributed by atoms with E-state index >= 15 is 0 Å². The fourth-order valence-electron chi connectivity index (χ4n) is 2.28. The van der Waals surface area contributed by atoms with E-state index < -0.39 is 16.0 Å². The number of anilines is 1. The second-order valence-corrected chi connectivity index (χ2v) is 6.88. The van der Waals surface area contributed by atoms with Gasteiger partial charge in [-0.1, -0.05) is 0 Å². The Kier molecular flexibility index (Phi) is 3.98. The van der Waals surface area contributed by atoms with E-state index in [0.29, 0.717) is 11.2 Å². The van der Waals surface area contributed by atoms with Crippen molar-refractivity contribution in [1.82, 2.24) is 9.78 Å². The van der Waals surface area contributed by atoms with Crippen molar-refractivity contribution in [2.24, 2.45) is 0 Å². The summed E-state index contributed by atoms with van der Waals surface area (Å²) in [6, 6.07) is 10.1. The van der Waals surface area contributed by atoms with E-state index in [2.05, 4.69) is 9.82 Å². The van der Waals surface area contributed by atoms with Crippen molar-refractivity contribution < 1.29 is 18.3 Å². The van der Waals surface area contributed by atoms with Gasteiger partial charge in [-0.3, -0.25) is 9.40 Å². The predicted octanol–water partition coefficient (Wildman–Crippen LogP) is 2.56. The molecular weight excluding hydrogens is 330 g/mol. The molecule has 0 aliphatic carbocycles. The molecule has 0 amide bonds. The molecule has 0 fully saturated rings. The fourth-order valence-corrected chi connectivity index (χ4v) is 3.33. The number of benzene rings is 2. The lowest BCUT2D eigenvalue weighted by Crippen LogP contribution is -2.13. The van der Waals surface area contributed by atoms with Crippen LogP contribution in [0.4, 0.5) is 5.69 Å². The number of aryl methyl sites for hydroxylation is 1. The van der Waals surface area contributed by atoms with Gasteiger partial charge in [0.15, 0.2) is 0 Å². The van der Waals surface area contributed by atoms with E-state index in [-0.39, 0.29) is 10.5 Å². The highest BCUT2D eigenvalue weighted by Gasteiger charge is 2.15. The lowest BCUT2D eigenvalue weighted by atomic mass is 10.2. The Morgan fingerprint density at radius 1 is 1.21 bits per heavy atom. The summed E-state index contributed by atoms with van der Waals surface area (Å²) < 4.78 is 29.0. The smallest absolute Gasteiger partial charge is 0.335 e. The first-order chi connectivity index (χ1) is 11.4. The molecule has 0 saturated heterocycles. The second kappa shape index (κ2) is 5.97. The number of fused-ring (bicyclic) bond motifs is 1. The number of sulfonamides is 1. The zero-order chi connectivity index (χ0) is 17.3. The predicted molar refractivity (Wildman–Crippen MR) is 89.6 cm³/mol. The van der Waals surface area contributed by atoms with Gasteiger partial charge in [0.1, 0.15) is 0 Å². The Balaban J connectivity index is 1.89. The maximum absolute atomic E-state index is 12.4. The number of carboxylic acid groups (broad SMARTS) is 1. The van der Waals surface area contributed by atoms with Crippen molar-refractivity contribution >= 4 is 32.6 Å². The van der Waals surface area contributed by atoms with Crippen LogP contribution >= 0.6 is 0 Å². The summed E-state index contributed by atoms with van der Waals surface area (Å²) >= 11 is 0. The van der Waals surface area contributed by atoms with E-state index in [1.54, 1.807) is 22.9 Å². The first-order valence-electron chi connectivity index (χ1n) is 7.22. The molecule has 7 nitrogen and oxygen atoms in total. The molecule has 24 heavy (non-hydrogen) atoms. The third kappa shape index (κ3) is 3.09. The Morgan fingerprint density at radius 2 is 1.92 bits per heavy atom. The van der Waals surface area contributed by atoms with Crippen molar-refractivity contribution in [3.63, 3.8) is 0 Å². The van der Waals surface area contributed by atoms with E-state index in [0.717, 1.165) is 11.9 Å². The molecule has 3 rings (SSSR count). The molecule has 0 atom stereocenters. The van der Waals surface area contributed by atoms with Crippen LogP contribution in [0.25, 0.3) is 10.9 Å². The minimum atomic E-state index is -3.80. The number of aromatic carboxylic acids is 1. The topological polar surface area (TPSA) is 101 Å². The van der Waals surface area contributed by atoms with E-state index in [9.17, 15) is 13.2 Å². The second-order valence-electron chi connectivity index (χ2n) is 5.19. The molecule has 0 aliphatic rings. The zero-order valence-electron chi connectivity index (χ0n) is 12.8. The summed E-state index contributed by atoms with van der Waals surface area (Å²) in [5.41, 5.74) is 1.12. The van der Waals surface area contributed by atoms with Crippen LogP contribution in [0.15, 0.2) is 53.6 Å². The lowest BCUT2D eigenvalue weighted by molar-refractivity contribution is 0.0696. The first kappa shape index (κ1) is 16.0. The minimum absolute atomic E-state index is 0.00770. The van der Waals surface area contributed by atoms with Gasteiger partial charge in [-0.25, -0.2) is 13.2 Å². The molecule has 0 saturated carbocycles. The van der Waals surface area contributed by atoms with Crippen molar-refractivity contribution in [1.29, 1.82) is 0 Å². The standard InChI is InChI=1S/C16H15N3O4S/c1-2-19-10-12-3-6-13(9-15(12)17-19)18-24(22,23)14-7-4-11(5-8-14)16(20)21/h3-10,18H,2H2,1H3,(H,20,21). The Labute approximate surface area is 138 Å². The molecule has 0 bridgehead atoms. The molecule has 2 aromatic carbocycles. The number of aromatic nitrogens is 2. The van der Waals surface area contributed by atoms with Gasteiger partial charge in [0, 0.05) is 18.1 Å². The molecule has 124 valence electrons. The Bertz CT molecular complexity index is 1010. The fraction of sp³-hybridized carbons (Fsp3) is 0.125. The lowest BCUT2D eigenvalue weighted by Gasteiger charge is -2.08. The molecule has 0 unspecified atom stereocenters. The highest BCUT2D eigenvalue weighted by Crippen LogP contribution is 2.21. The molecule has 0 radical (unpaired) electrons. The van der Waals surface area contributed by atoms with Gasteiger partial charge in [0.25, 0.3) is 10.0 Å². The average molecular weight is 345 g/mol. The first-order valence-corrected chi connectivity index (χ1v) is 8.71. The third-order valence-corrected chi connectivity index (χ3v) is 4.94. The van der Waals surface area contributed by atoms with Gasteiger partial charge in [-0.05, 0) is 49.4 Å². The van der Waals surface area contributed by atoms with Gasteiger partial charge in [-0.2, -0.15) is 5.10 Å². The normalized spacial score (nSPS) is 11.5. The van der Waals surface area contributed by atoms with Crippen LogP contribution in [0.1, 0.15) is 17.3 Å². The summed E-state index contributed by atoms with van der Waals surface area (Å²) in [5, 5.41) is 14.1. The van der Waals surface area contributed by atoms with E-state index in [1.807, 2.05) is 13.1 Å². The number of hydrogen-bond donors (Lipinski definition) is 2. The van der Waals surface area contributed by atoms with Crippen molar-refractivity contribution in [3.05, 3.63) is 54.2 Å². The van der Waals surface area contributed by atoms with Crippen molar-refractivity contribution in [3.8, 4) is 0 Å². The van der Waals surface area contributed by atoms with Crippen LogP contribution in [0.3, 0.4) is 0 Å². The molecule has 3 aromatic rings. The summed E-state index contributed by atoms with van der Waals surface area (Å²) in [4.78, 5) is 10.8. The Morgan fingerprint density at radius 3 is 2.54 bits per heavy atom. The number of rotatable bonds is 5. The summed E-state index contributed by atoms with van der Waals surface area (Å²) in [6.45, 7) is 2.70. The van der Waals surface area contributed by atoms with Crippen LogP contribution in [0.5, 0.6) is 0 Å². The maximum Gasteiger partial charge on any atom is 0.335 e. The average Bonchev–Trinajstić information content (AvgIpc) is 2.97. The quantitative estimate of drug-likeness (QED) is 0.740. The van der Waals surface area contributed by atoms with Gasteiger partial charge in [0.05, 0.1) is 21.7 Å². The maximum atomic E-state index is 12.4. The summed E-state index contributed by atoms with van der Waals surface area (Å²) in [6.07, 6.45) is 1.89. The monoisotopic (exact) mass is 345 g/mol. The summed E-state index contributed by atoms with van der Waals surface area (Å²) in [5.74, 6) is -1.11. The molecular formula is C16H15N3O4S. The van der Waals surface area contributed by atoms with Gasteiger partial charge >= 0.3 is 5.97 Å². The van der Waals surface area contributed by atoms with Crippen LogP contribution in [-0.4, -0.2) is 29.3 Å². The zero-order valence-corrected chi connectivity index (χ0v) is 13.6. The van der Waals surface area contributed by atoms with Gasteiger partial charge < -0.3 is 5.11 Å². The van der Waals surface area contributed by atoms with Crippen LogP contribution in [0.2, 0.25) is 0 Å². The number of nitrogens with zero attached hydrogens (tertiary/aromatic N) is 2. The van der Waals surface area contributed by atoms with Crippen molar-refractivity contribution in [2.45, 2.75) is 18.4 Å². The van der Waals surface area contributed by atoms with E-state index in [4.69, 9.17) is 5.11 Å². The third-order valence-electron chi connectivity index (χ3n) is 3.54. The highest BCUT2D eigenvalue weighted by molar-refractivity contribution is 7.92. The number of nitrogens with one attached hydrogen (secondary N) is 1. The van der Waals surface area contributed by atoms with E-state index in [1.165, 1.54) is 24.3 Å². The Hall–Kier alpha value is -2.87. The van der Waals surface area contributed by atoms with Crippen LogP contribution < -0.4 is 4.72 Å². The molecule has 0 spiro atoms. The van der Waals surface area contributed by atoms with Crippen LogP contribution in [0, 0.1) is 0 Å². The number of carboxylic acids is 1. The van der Waals surface area contributed by atoms with Crippen LogP contribution in [-0.2, 0) is 16.6 Å². The minimum Gasteiger partial charge on any atom is -0.478 e. The largest absolute Gasteiger partial charge is 0.478 e. The SMILES string of the molecule is CCn1cc2ccc(NS(=O)(=O)c3ccc(C(=O)O)cc3)cc2n1. The number of hydrogen-bond acceptors (Lipinski definition) is 4. The molecule has 2 N–H and O–H groups in total. The molecule has 0 aliphatic heterocycles. The van der Waals surface area contributed by atoms with Gasteiger partial charge in [-0.15, -0.1) is 0 Å². The highest BCUT2D eigenvalue weighted by atomic mass is 32.2. The summed E-state index contributed by atoms with van der Waals surface area (Å²) in [7, 11) is -3.80. The van der Waals surface area contributed by atoms with Crippen molar-refractivity contribution in [2.75, 3.05) is 4.72 Å².